The number of aryl methyl sites for hydroxylation is 1. The summed E-state index contributed by atoms with van der Waals surface area (Å²) in [6.07, 6.45) is 8.23. The quantitative estimate of drug-likeness (QED) is 0.841. The lowest BCUT2D eigenvalue weighted by Gasteiger charge is -2.01. The van der Waals surface area contributed by atoms with E-state index in [4.69, 9.17) is 0 Å². The van der Waals surface area contributed by atoms with Gasteiger partial charge in [0, 0.05) is 17.3 Å². The minimum Gasteiger partial charge on any atom is -0.306 e. The van der Waals surface area contributed by atoms with Crippen molar-refractivity contribution in [3.8, 4) is 0 Å². The van der Waals surface area contributed by atoms with Crippen molar-refractivity contribution in [2.75, 3.05) is 6.26 Å². The van der Waals surface area contributed by atoms with Gasteiger partial charge in [0.1, 0.15) is 6.33 Å². The summed E-state index contributed by atoms with van der Waals surface area (Å²) in [7, 11) is -1.09. The molecule has 0 saturated carbocycles. The number of hydrogen-bond acceptors (Lipinski definition) is 3. The van der Waals surface area contributed by atoms with Gasteiger partial charge in [0.15, 0.2) is 0 Å². The van der Waals surface area contributed by atoms with Gasteiger partial charge in [0.2, 0.25) is 5.16 Å². The fourth-order valence-corrected chi connectivity index (χ4v) is 2.52. The Labute approximate surface area is 123 Å². The Bertz CT molecular complexity index is 592. The second kappa shape index (κ2) is 6.77. The minimum absolute atomic E-state index is 0.525. The highest BCUT2D eigenvalue weighted by Crippen LogP contribution is 2.12. The number of hydrogen-bond donors (Lipinski definition) is 0. The Balaban J connectivity index is 1.91. The highest BCUT2D eigenvalue weighted by molar-refractivity contribution is 9.10. The summed E-state index contributed by atoms with van der Waals surface area (Å²) >= 11 is 3.40. The van der Waals surface area contributed by atoms with Crippen LogP contribution in [0.4, 0.5) is 0 Å². The summed E-state index contributed by atoms with van der Waals surface area (Å²) in [6.45, 7) is 0.731. The third-order valence-corrected chi connectivity index (χ3v) is 3.91. The van der Waals surface area contributed by atoms with Gasteiger partial charge >= 0.3 is 0 Å². The Kier molecular flexibility index (Phi) is 5.04. The summed E-state index contributed by atoms with van der Waals surface area (Å²) in [5, 5.41) is 8.15. The molecule has 0 fully saturated rings. The Morgan fingerprint density at radius 1 is 1.37 bits per heavy atom. The summed E-state index contributed by atoms with van der Waals surface area (Å²) in [6, 6.07) is 8.12. The predicted octanol–water partition coefficient (Wildman–Crippen LogP) is 2.88. The maximum absolute atomic E-state index is 11.4. The van der Waals surface area contributed by atoms with Gasteiger partial charge in [-0.25, -0.2) is 0 Å². The van der Waals surface area contributed by atoms with E-state index in [-0.39, 0.29) is 0 Å². The van der Waals surface area contributed by atoms with Gasteiger partial charge in [-0.05, 0) is 24.1 Å². The van der Waals surface area contributed by atoms with Crippen LogP contribution in [-0.4, -0.2) is 25.2 Å². The molecule has 2 rings (SSSR count). The lowest BCUT2D eigenvalue weighted by Crippen LogP contribution is -2.03. The normalized spacial score (nSPS) is 12.9. The molecule has 0 radical (unpaired) electrons. The summed E-state index contributed by atoms with van der Waals surface area (Å²) in [5.74, 6) is 0. The van der Waals surface area contributed by atoms with Gasteiger partial charge in [-0.15, -0.1) is 10.2 Å². The maximum atomic E-state index is 11.4. The van der Waals surface area contributed by atoms with Crippen LogP contribution in [-0.2, 0) is 17.3 Å². The molecule has 100 valence electrons. The zero-order valence-corrected chi connectivity index (χ0v) is 12.9. The van der Waals surface area contributed by atoms with Crippen LogP contribution < -0.4 is 0 Å². The average molecular weight is 340 g/mol. The molecule has 6 heteroatoms. The first-order chi connectivity index (χ1) is 9.16. The molecule has 0 aliphatic carbocycles. The average Bonchev–Trinajstić information content (AvgIpc) is 2.85. The molecule has 19 heavy (non-hydrogen) atoms. The smallest absolute Gasteiger partial charge is 0.221 e. The van der Waals surface area contributed by atoms with Crippen molar-refractivity contribution in [1.29, 1.82) is 0 Å². The van der Waals surface area contributed by atoms with Crippen molar-refractivity contribution in [1.82, 2.24) is 14.8 Å². The standard InChI is InChI=1S/C13H14BrN3OS/c1-19(18)13-16-15-10-17(13)9-3-2-4-11-5-7-12(14)8-6-11/h2,4-8,10H,3,9H2,1H3/b4-2+/t19-/m1/s1. The zero-order valence-electron chi connectivity index (χ0n) is 10.5. The van der Waals surface area contributed by atoms with Crippen LogP contribution in [0.1, 0.15) is 12.0 Å². The van der Waals surface area contributed by atoms with Crippen LogP contribution in [0.3, 0.4) is 0 Å². The monoisotopic (exact) mass is 339 g/mol. The Hall–Kier alpha value is -1.27. The van der Waals surface area contributed by atoms with Gasteiger partial charge < -0.3 is 4.57 Å². The summed E-state index contributed by atoms with van der Waals surface area (Å²) in [5.41, 5.74) is 1.16. The molecule has 1 aromatic heterocycles. The number of allylic oxidation sites excluding steroid dienone is 1. The summed E-state index contributed by atoms with van der Waals surface area (Å²) < 4.78 is 14.3. The SMILES string of the molecule is C[S@@](=O)c1nncn1CC/C=C/c1ccc(Br)cc1. The molecule has 1 heterocycles. The maximum Gasteiger partial charge on any atom is 0.221 e. The Morgan fingerprint density at radius 3 is 2.79 bits per heavy atom. The molecule has 2 aromatic rings. The van der Waals surface area contributed by atoms with Crippen LogP contribution >= 0.6 is 15.9 Å². The molecular formula is C13H14BrN3OS. The molecule has 1 aromatic carbocycles. The molecule has 4 nitrogen and oxygen atoms in total. The van der Waals surface area contributed by atoms with Crippen molar-refractivity contribution < 1.29 is 4.21 Å². The van der Waals surface area contributed by atoms with Crippen molar-refractivity contribution in [2.45, 2.75) is 18.1 Å². The number of nitrogens with zero attached hydrogens (tertiary/aromatic N) is 3. The number of aromatic nitrogens is 3. The van der Waals surface area contributed by atoms with Crippen LogP contribution in [0.2, 0.25) is 0 Å². The van der Waals surface area contributed by atoms with Crippen LogP contribution in [0.15, 0.2) is 46.3 Å². The second-order valence-corrected chi connectivity index (χ2v) is 6.19. The third kappa shape index (κ3) is 4.11. The summed E-state index contributed by atoms with van der Waals surface area (Å²) in [4.78, 5) is 0. The van der Waals surface area contributed by atoms with E-state index in [0.29, 0.717) is 5.16 Å². The van der Waals surface area contributed by atoms with E-state index >= 15 is 0 Å². The molecule has 0 N–H and O–H groups in total. The van der Waals surface area contributed by atoms with Gasteiger partial charge in [-0.1, -0.05) is 40.2 Å². The highest BCUT2D eigenvalue weighted by atomic mass is 79.9. The van der Waals surface area contributed by atoms with E-state index in [1.807, 2.05) is 28.8 Å². The van der Waals surface area contributed by atoms with Crippen LogP contribution in [0.25, 0.3) is 6.08 Å². The van der Waals surface area contributed by atoms with Crippen LogP contribution in [0.5, 0.6) is 0 Å². The van der Waals surface area contributed by atoms with E-state index < -0.39 is 10.8 Å². The predicted molar refractivity (Wildman–Crippen MR) is 80.1 cm³/mol. The second-order valence-electron chi connectivity index (χ2n) is 4.00. The minimum atomic E-state index is -1.09. The molecule has 0 spiro atoms. The van der Waals surface area contributed by atoms with Gasteiger partial charge in [-0.2, -0.15) is 0 Å². The van der Waals surface area contributed by atoms with Crippen molar-refractivity contribution in [3.05, 3.63) is 46.7 Å². The number of rotatable bonds is 5. The van der Waals surface area contributed by atoms with E-state index in [1.54, 1.807) is 12.6 Å². The molecule has 0 bridgehead atoms. The van der Waals surface area contributed by atoms with E-state index in [2.05, 4.69) is 38.3 Å². The molecular weight excluding hydrogens is 326 g/mol. The molecule has 0 aliphatic rings. The largest absolute Gasteiger partial charge is 0.306 e. The van der Waals surface area contributed by atoms with Gasteiger partial charge in [0.05, 0.1) is 10.8 Å². The molecule has 0 saturated heterocycles. The third-order valence-electron chi connectivity index (χ3n) is 2.55. The topological polar surface area (TPSA) is 47.8 Å². The number of halogens is 1. The van der Waals surface area contributed by atoms with Crippen molar-refractivity contribution >= 4 is 32.8 Å². The first kappa shape index (κ1) is 14.1. The Morgan fingerprint density at radius 2 is 2.11 bits per heavy atom. The fourth-order valence-electron chi connectivity index (χ4n) is 1.63. The van der Waals surface area contributed by atoms with E-state index in [1.165, 1.54) is 0 Å². The first-order valence-electron chi connectivity index (χ1n) is 5.80. The van der Waals surface area contributed by atoms with Crippen molar-refractivity contribution in [3.63, 3.8) is 0 Å². The molecule has 0 amide bonds. The number of benzene rings is 1. The lowest BCUT2D eigenvalue weighted by atomic mass is 10.2. The molecule has 1 atom stereocenters. The van der Waals surface area contributed by atoms with Gasteiger partial charge in [-0.3, -0.25) is 4.21 Å². The lowest BCUT2D eigenvalue weighted by molar-refractivity contribution is 0.621. The highest BCUT2D eigenvalue weighted by Gasteiger charge is 2.06. The first-order valence-corrected chi connectivity index (χ1v) is 8.15. The zero-order chi connectivity index (χ0) is 13.7. The molecule has 0 aliphatic heterocycles. The van der Waals surface area contributed by atoms with Crippen LogP contribution in [0, 0.1) is 0 Å². The van der Waals surface area contributed by atoms with E-state index in [9.17, 15) is 4.21 Å². The van der Waals surface area contributed by atoms with Gasteiger partial charge in [0.25, 0.3) is 0 Å². The van der Waals surface area contributed by atoms with Crippen molar-refractivity contribution in [2.24, 2.45) is 0 Å². The van der Waals surface area contributed by atoms with E-state index in [0.717, 1.165) is 23.0 Å². The molecule has 0 unspecified atom stereocenters. The fraction of sp³-hybridized carbons (Fsp3) is 0.231.